The highest BCUT2D eigenvalue weighted by Gasteiger charge is 2.10. The van der Waals surface area contributed by atoms with E-state index in [-0.39, 0.29) is 5.91 Å². The molecule has 0 aliphatic heterocycles. The molecule has 0 atom stereocenters. The number of amides is 1. The molecule has 0 unspecified atom stereocenters. The van der Waals surface area contributed by atoms with Crippen molar-refractivity contribution in [1.29, 1.82) is 0 Å². The van der Waals surface area contributed by atoms with Crippen LogP contribution in [0.5, 0.6) is 11.5 Å². The zero-order chi connectivity index (χ0) is 15.4. The van der Waals surface area contributed by atoms with Crippen molar-refractivity contribution in [3.63, 3.8) is 0 Å². The Bertz CT molecular complexity index is 674. The molecule has 1 amide bonds. The maximum atomic E-state index is 12.2. The number of methoxy groups -OCH3 is 2. The fourth-order valence-electron chi connectivity index (χ4n) is 1.75. The number of hydrogen-bond acceptors (Lipinski definition) is 3. The van der Waals surface area contributed by atoms with Crippen LogP contribution >= 0.6 is 31.9 Å². The second-order valence-electron chi connectivity index (χ2n) is 4.15. The monoisotopic (exact) mass is 413 g/mol. The first-order chi connectivity index (χ1) is 10.0. The van der Waals surface area contributed by atoms with Gasteiger partial charge >= 0.3 is 0 Å². The van der Waals surface area contributed by atoms with Gasteiger partial charge in [0.05, 0.1) is 23.2 Å². The van der Waals surface area contributed by atoms with Gasteiger partial charge in [-0.3, -0.25) is 4.79 Å². The van der Waals surface area contributed by atoms with Crippen molar-refractivity contribution in [3.05, 3.63) is 50.9 Å². The molecule has 2 aromatic rings. The van der Waals surface area contributed by atoms with Crippen LogP contribution in [0.15, 0.2) is 45.3 Å². The summed E-state index contributed by atoms with van der Waals surface area (Å²) in [4.78, 5) is 12.2. The molecule has 0 aromatic heterocycles. The molecule has 21 heavy (non-hydrogen) atoms. The van der Waals surface area contributed by atoms with E-state index in [4.69, 9.17) is 9.47 Å². The standard InChI is InChI=1S/C15H13Br2NO3/c1-20-13-6-3-9(7-12(13)17)15(19)18-10-4-5-11(16)14(8-10)21-2/h3-8H,1-2H3,(H,18,19). The molecule has 0 heterocycles. The van der Waals surface area contributed by atoms with Crippen molar-refractivity contribution in [2.75, 3.05) is 19.5 Å². The number of halogens is 2. The molecule has 0 saturated heterocycles. The lowest BCUT2D eigenvalue weighted by atomic mass is 10.2. The van der Waals surface area contributed by atoms with Crippen molar-refractivity contribution in [2.24, 2.45) is 0 Å². The molecule has 0 aliphatic carbocycles. The van der Waals surface area contributed by atoms with Crippen LogP contribution in [0.1, 0.15) is 10.4 Å². The maximum Gasteiger partial charge on any atom is 0.255 e. The van der Waals surface area contributed by atoms with Gasteiger partial charge in [-0.1, -0.05) is 0 Å². The number of carbonyl (C=O) groups is 1. The van der Waals surface area contributed by atoms with E-state index in [9.17, 15) is 4.79 Å². The average molecular weight is 415 g/mol. The molecular weight excluding hydrogens is 402 g/mol. The number of benzene rings is 2. The first kappa shape index (κ1) is 15.9. The number of ether oxygens (including phenoxy) is 2. The van der Waals surface area contributed by atoms with Crippen LogP contribution in [0.2, 0.25) is 0 Å². The SMILES string of the molecule is COc1ccc(C(=O)Nc2ccc(Br)c(OC)c2)cc1Br. The predicted molar refractivity (Wildman–Crippen MR) is 89.3 cm³/mol. The molecule has 0 fully saturated rings. The Morgan fingerprint density at radius 1 is 0.952 bits per heavy atom. The number of nitrogens with one attached hydrogen (secondary N) is 1. The lowest BCUT2D eigenvalue weighted by Gasteiger charge is -2.10. The van der Waals surface area contributed by atoms with Crippen molar-refractivity contribution in [1.82, 2.24) is 0 Å². The van der Waals surface area contributed by atoms with Crippen LogP contribution in [0.3, 0.4) is 0 Å². The number of carbonyl (C=O) groups excluding carboxylic acids is 1. The summed E-state index contributed by atoms with van der Waals surface area (Å²) >= 11 is 6.73. The van der Waals surface area contributed by atoms with Gasteiger partial charge in [0, 0.05) is 17.3 Å². The normalized spacial score (nSPS) is 10.1. The van der Waals surface area contributed by atoms with E-state index in [1.807, 2.05) is 6.07 Å². The Hall–Kier alpha value is -1.53. The van der Waals surface area contributed by atoms with Crippen molar-refractivity contribution in [2.45, 2.75) is 0 Å². The third-order valence-corrected chi connectivity index (χ3v) is 4.10. The number of rotatable bonds is 4. The van der Waals surface area contributed by atoms with Gasteiger partial charge in [-0.2, -0.15) is 0 Å². The van der Waals surface area contributed by atoms with Crippen molar-refractivity contribution < 1.29 is 14.3 Å². The topological polar surface area (TPSA) is 47.6 Å². The number of hydrogen-bond donors (Lipinski definition) is 1. The predicted octanol–water partition coefficient (Wildman–Crippen LogP) is 4.48. The molecular formula is C15H13Br2NO3. The smallest absolute Gasteiger partial charge is 0.255 e. The van der Waals surface area contributed by atoms with Crippen LogP contribution in [0, 0.1) is 0 Å². The van der Waals surface area contributed by atoms with Gasteiger partial charge in [-0.05, 0) is 62.2 Å². The fraction of sp³-hybridized carbons (Fsp3) is 0.133. The largest absolute Gasteiger partial charge is 0.496 e. The highest BCUT2D eigenvalue weighted by molar-refractivity contribution is 9.10. The van der Waals surface area contributed by atoms with Gasteiger partial charge in [0.15, 0.2) is 0 Å². The molecule has 0 aliphatic rings. The second kappa shape index (κ2) is 6.95. The molecule has 0 radical (unpaired) electrons. The van der Waals surface area contributed by atoms with Crippen LogP contribution < -0.4 is 14.8 Å². The second-order valence-corrected chi connectivity index (χ2v) is 5.86. The Labute approximate surface area is 139 Å². The fourth-order valence-corrected chi connectivity index (χ4v) is 2.70. The van der Waals surface area contributed by atoms with Gasteiger partial charge in [-0.15, -0.1) is 0 Å². The van der Waals surface area contributed by atoms with Crippen LogP contribution in [0.4, 0.5) is 5.69 Å². The van der Waals surface area contributed by atoms with Gasteiger partial charge in [-0.25, -0.2) is 0 Å². The van der Waals surface area contributed by atoms with E-state index >= 15 is 0 Å². The lowest BCUT2D eigenvalue weighted by Crippen LogP contribution is -2.12. The average Bonchev–Trinajstić information content (AvgIpc) is 2.49. The van der Waals surface area contributed by atoms with Crippen LogP contribution in [-0.2, 0) is 0 Å². The zero-order valence-corrected chi connectivity index (χ0v) is 14.6. The minimum Gasteiger partial charge on any atom is -0.496 e. The summed E-state index contributed by atoms with van der Waals surface area (Å²) in [5.41, 5.74) is 1.19. The minimum atomic E-state index is -0.206. The summed E-state index contributed by atoms with van der Waals surface area (Å²) in [6.45, 7) is 0. The summed E-state index contributed by atoms with van der Waals surface area (Å²) in [6, 6.07) is 10.5. The van der Waals surface area contributed by atoms with Gasteiger partial charge in [0.2, 0.25) is 0 Å². The summed E-state index contributed by atoms with van der Waals surface area (Å²) in [6.07, 6.45) is 0. The highest BCUT2D eigenvalue weighted by Crippen LogP contribution is 2.29. The molecule has 1 N–H and O–H groups in total. The van der Waals surface area contributed by atoms with Crippen LogP contribution in [-0.4, -0.2) is 20.1 Å². The molecule has 2 rings (SSSR count). The summed E-state index contributed by atoms with van der Waals surface area (Å²) in [5.74, 6) is 1.13. The van der Waals surface area contributed by atoms with Crippen LogP contribution in [0.25, 0.3) is 0 Å². The Balaban J connectivity index is 2.19. The zero-order valence-electron chi connectivity index (χ0n) is 11.4. The summed E-state index contributed by atoms with van der Waals surface area (Å²) in [7, 11) is 3.15. The third-order valence-electron chi connectivity index (χ3n) is 2.82. The Morgan fingerprint density at radius 2 is 1.67 bits per heavy atom. The van der Waals surface area contributed by atoms with E-state index in [2.05, 4.69) is 37.2 Å². The van der Waals surface area contributed by atoms with E-state index in [0.717, 1.165) is 8.95 Å². The molecule has 0 saturated carbocycles. The van der Waals surface area contributed by atoms with E-state index in [1.165, 1.54) is 0 Å². The quantitative estimate of drug-likeness (QED) is 0.802. The Morgan fingerprint density at radius 3 is 2.29 bits per heavy atom. The summed E-state index contributed by atoms with van der Waals surface area (Å²) in [5, 5.41) is 2.82. The number of anilines is 1. The van der Waals surface area contributed by atoms with E-state index in [1.54, 1.807) is 44.6 Å². The Kier molecular flexibility index (Phi) is 5.25. The van der Waals surface area contributed by atoms with Gasteiger partial charge < -0.3 is 14.8 Å². The minimum absolute atomic E-state index is 0.206. The molecule has 0 spiro atoms. The molecule has 2 aromatic carbocycles. The van der Waals surface area contributed by atoms with Gasteiger partial charge in [0.25, 0.3) is 5.91 Å². The lowest BCUT2D eigenvalue weighted by molar-refractivity contribution is 0.102. The molecule has 110 valence electrons. The molecule has 0 bridgehead atoms. The first-order valence-electron chi connectivity index (χ1n) is 6.03. The first-order valence-corrected chi connectivity index (χ1v) is 7.62. The molecule has 6 heteroatoms. The van der Waals surface area contributed by atoms with Crippen molar-refractivity contribution >= 4 is 43.5 Å². The van der Waals surface area contributed by atoms with E-state index in [0.29, 0.717) is 22.7 Å². The molecule has 4 nitrogen and oxygen atoms in total. The van der Waals surface area contributed by atoms with Crippen molar-refractivity contribution in [3.8, 4) is 11.5 Å². The third kappa shape index (κ3) is 3.77. The van der Waals surface area contributed by atoms with Gasteiger partial charge in [0.1, 0.15) is 11.5 Å². The maximum absolute atomic E-state index is 12.2. The highest BCUT2D eigenvalue weighted by atomic mass is 79.9. The van der Waals surface area contributed by atoms with E-state index < -0.39 is 0 Å². The summed E-state index contributed by atoms with van der Waals surface area (Å²) < 4.78 is 11.9.